The van der Waals surface area contributed by atoms with E-state index >= 15 is 0 Å². The molecule has 0 aliphatic rings. The van der Waals surface area contributed by atoms with Crippen molar-refractivity contribution in [3.8, 4) is 0 Å². The minimum Gasteiger partial charge on any atom is -0.459 e. The summed E-state index contributed by atoms with van der Waals surface area (Å²) in [5.74, 6) is -0.344. The zero-order valence-corrected chi connectivity index (χ0v) is 16.4. The van der Waals surface area contributed by atoms with Crippen molar-refractivity contribution >= 4 is 23.4 Å². The Labute approximate surface area is 174 Å². The first kappa shape index (κ1) is 20.9. The third kappa shape index (κ3) is 6.63. The van der Waals surface area contributed by atoms with Crippen molar-refractivity contribution in [2.75, 3.05) is 11.9 Å². The first-order valence-electron chi connectivity index (χ1n) is 9.61. The average Bonchev–Trinajstić information content (AvgIpc) is 3.29. The fourth-order valence-electron chi connectivity index (χ4n) is 2.75. The van der Waals surface area contributed by atoms with Gasteiger partial charge in [-0.3, -0.25) is 14.4 Å². The van der Waals surface area contributed by atoms with Crippen LogP contribution in [0.4, 0.5) is 5.69 Å². The second-order valence-corrected chi connectivity index (χ2v) is 6.67. The van der Waals surface area contributed by atoms with Gasteiger partial charge in [-0.05, 0) is 35.4 Å². The van der Waals surface area contributed by atoms with Gasteiger partial charge in [-0.1, -0.05) is 42.5 Å². The lowest BCUT2D eigenvalue weighted by Gasteiger charge is -2.08. The summed E-state index contributed by atoms with van der Waals surface area (Å²) < 4.78 is 5.05. The van der Waals surface area contributed by atoms with Crippen molar-refractivity contribution < 1.29 is 18.8 Å². The van der Waals surface area contributed by atoms with Crippen LogP contribution in [0.15, 0.2) is 77.4 Å². The number of furan rings is 1. The van der Waals surface area contributed by atoms with Crippen LogP contribution in [0.5, 0.6) is 0 Å². The van der Waals surface area contributed by atoms with Gasteiger partial charge in [-0.25, -0.2) is 0 Å². The second-order valence-electron chi connectivity index (χ2n) is 6.67. The molecule has 154 valence electrons. The van der Waals surface area contributed by atoms with Crippen LogP contribution in [0, 0.1) is 0 Å². The van der Waals surface area contributed by atoms with Crippen LogP contribution in [-0.4, -0.2) is 24.3 Å². The Morgan fingerprint density at radius 1 is 0.767 bits per heavy atom. The number of amides is 3. The molecule has 0 saturated carbocycles. The average molecular weight is 405 g/mol. The molecule has 3 N–H and O–H groups in total. The highest BCUT2D eigenvalue weighted by molar-refractivity contribution is 6.02. The number of benzene rings is 2. The summed E-state index contributed by atoms with van der Waals surface area (Å²) in [6, 6.07) is 19.8. The van der Waals surface area contributed by atoms with E-state index in [1.807, 2.05) is 42.5 Å². The molecular formula is C23H23N3O4. The van der Waals surface area contributed by atoms with E-state index in [1.165, 1.54) is 6.26 Å². The minimum atomic E-state index is -0.324. The number of carbonyl (C=O) groups is 3. The molecule has 0 radical (unpaired) electrons. The third-order valence-corrected chi connectivity index (χ3v) is 4.33. The number of rotatable bonds is 9. The lowest BCUT2D eigenvalue weighted by atomic mass is 10.1. The molecule has 0 bridgehead atoms. The van der Waals surface area contributed by atoms with E-state index in [9.17, 15) is 14.4 Å². The summed E-state index contributed by atoms with van der Waals surface area (Å²) >= 11 is 0. The molecule has 7 nitrogen and oxygen atoms in total. The molecule has 0 spiro atoms. The van der Waals surface area contributed by atoms with Gasteiger partial charge in [0.05, 0.1) is 12.7 Å². The van der Waals surface area contributed by atoms with Crippen LogP contribution in [-0.2, 0) is 22.6 Å². The third-order valence-electron chi connectivity index (χ3n) is 4.33. The van der Waals surface area contributed by atoms with E-state index in [2.05, 4.69) is 16.0 Å². The van der Waals surface area contributed by atoms with Crippen molar-refractivity contribution in [1.29, 1.82) is 0 Å². The summed E-state index contributed by atoms with van der Waals surface area (Å²) in [4.78, 5) is 35.8. The molecule has 0 unspecified atom stereocenters. The summed E-state index contributed by atoms with van der Waals surface area (Å²) in [5, 5.41) is 8.29. The predicted molar refractivity (Wildman–Crippen MR) is 113 cm³/mol. The molecule has 0 fully saturated rings. The standard InChI is InChI=1S/C23H23N3O4/c27-21(12-13-24-22(28)15-17-5-2-1-3-6-17)25-16-18-8-10-19(11-9-18)26-23(29)20-7-4-14-30-20/h1-11,14H,12-13,15-16H2,(H,24,28)(H,25,27)(H,26,29). The van der Waals surface area contributed by atoms with Gasteiger partial charge < -0.3 is 20.4 Å². The fourth-order valence-corrected chi connectivity index (χ4v) is 2.75. The van der Waals surface area contributed by atoms with Crippen molar-refractivity contribution in [3.05, 3.63) is 89.9 Å². The minimum absolute atomic E-state index is 0.110. The SMILES string of the molecule is O=C(CCNC(=O)Cc1ccccc1)NCc1ccc(NC(=O)c2ccco2)cc1. The Morgan fingerprint density at radius 2 is 1.53 bits per heavy atom. The van der Waals surface area contributed by atoms with Gasteiger partial charge in [0.15, 0.2) is 5.76 Å². The van der Waals surface area contributed by atoms with Gasteiger partial charge in [0.25, 0.3) is 5.91 Å². The molecule has 3 aromatic rings. The van der Waals surface area contributed by atoms with Crippen molar-refractivity contribution in [3.63, 3.8) is 0 Å². The molecule has 7 heteroatoms. The second kappa shape index (κ2) is 10.6. The molecule has 1 aromatic heterocycles. The van der Waals surface area contributed by atoms with Crippen LogP contribution in [0.25, 0.3) is 0 Å². The number of nitrogens with one attached hydrogen (secondary N) is 3. The van der Waals surface area contributed by atoms with E-state index in [1.54, 1.807) is 24.3 Å². The lowest BCUT2D eigenvalue weighted by molar-refractivity contribution is -0.122. The van der Waals surface area contributed by atoms with Gasteiger partial charge in [-0.2, -0.15) is 0 Å². The highest BCUT2D eigenvalue weighted by Crippen LogP contribution is 2.11. The van der Waals surface area contributed by atoms with Crippen LogP contribution < -0.4 is 16.0 Å². The van der Waals surface area contributed by atoms with E-state index < -0.39 is 0 Å². The maximum Gasteiger partial charge on any atom is 0.291 e. The normalized spacial score (nSPS) is 10.3. The topological polar surface area (TPSA) is 100 Å². The van der Waals surface area contributed by atoms with E-state index in [0.29, 0.717) is 18.7 Å². The Morgan fingerprint density at radius 3 is 2.23 bits per heavy atom. The van der Waals surface area contributed by atoms with E-state index in [0.717, 1.165) is 11.1 Å². The van der Waals surface area contributed by atoms with Gasteiger partial charge in [0, 0.05) is 25.2 Å². The summed E-state index contributed by atoms with van der Waals surface area (Å²) in [7, 11) is 0. The molecule has 0 aliphatic heterocycles. The van der Waals surface area contributed by atoms with Gasteiger partial charge in [0.1, 0.15) is 0 Å². The van der Waals surface area contributed by atoms with E-state index in [-0.39, 0.29) is 36.4 Å². The van der Waals surface area contributed by atoms with Crippen molar-refractivity contribution in [2.45, 2.75) is 19.4 Å². The number of anilines is 1. The highest BCUT2D eigenvalue weighted by atomic mass is 16.3. The monoisotopic (exact) mass is 405 g/mol. The van der Waals surface area contributed by atoms with Crippen molar-refractivity contribution in [2.24, 2.45) is 0 Å². The Kier molecular flexibility index (Phi) is 7.38. The van der Waals surface area contributed by atoms with Gasteiger partial charge in [-0.15, -0.1) is 0 Å². The molecule has 1 heterocycles. The maximum atomic E-state index is 12.0. The Hall–Kier alpha value is -3.87. The summed E-state index contributed by atoms with van der Waals surface area (Å²) in [6.45, 7) is 0.651. The van der Waals surface area contributed by atoms with Gasteiger partial charge >= 0.3 is 0 Å². The van der Waals surface area contributed by atoms with Gasteiger partial charge in [0.2, 0.25) is 11.8 Å². The zero-order chi connectivity index (χ0) is 21.2. The van der Waals surface area contributed by atoms with Crippen LogP contribution in [0.3, 0.4) is 0 Å². The summed E-state index contributed by atoms with van der Waals surface area (Å²) in [6.07, 6.45) is 1.94. The Balaban J connectivity index is 1.34. The maximum absolute atomic E-state index is 12.0. The van der Waals surface area contributed by atoms with Crippen molar-refractivity contribution in [1.82, 2.24) is 10.6 Å². The zero-order valence-electron chi connectivity index (χ0n) is 16.4. The summed E-state index contributed by atoms with van der Waals surface area (Å²) in [5.41, 5.74) is 2.46. The van der Waals surface area contributed by atoms with E-state index in [4.69, 9.17) is 4.42 Å². The predicted octanol–water partition coefficient (Wildman–Crippen LogP) is 2.90. The molecule has 0 aliphatic carbocycles. The van der Waals surface area contributed by atoms with Crippen LogP contribution in [0.1, 0.15) is 28.1 Å². The molecular weight excluding hydrogens is 382 g/mol. The largest absolute Gasteiger partial charge is 0.459 e. The molecule has 2 aromatic carbocycles. The quantitative estimate of drug-likeness (QED) is 0.510. The molecule has 3 rings (SSSR count). The van der Waals surface area contributed by atoms with Crippen LogP contribution >= 0.6 is 0 Å². The first-order valence-corrected chi connectivity index (χ1v) is 9.61. The number of hydrogen-bond acceptors (Lipinski definition) is 4. The Bertz CT molecular complexity index is 967. The highest BCUT2D eigenvalue weighted by Gasteiger charge is 2.09. The number of hydrogen-bond donors (Lipinski definition) is 3. The molecule has 0 saturated heterocycles. The van der Waals surface area contributed by atoms with Crippen LogP contribution in [0.2, 0.25) is 0 Å². The number of carbonyl (C=O) groups excluding carboxylic acids is 3. The smallest absolute Gasteiger partial charge is 0.291 e. The fraction of sp³-hybridized carbons (Fsp3) is 0.174. The first-order chi connectivity index (χ1) is 14.6. The molecule has 3 amide bonds. The lowest BCUT2D eigenvalue weighted by Crippen LogP contribution is -2.31. The molecule has 30 heavy (non-hydrogen) atoms. The molecule has 0 atom stereocenters.